The van der Waals surface area contributed by atoms with E-state index < -0.39 is 11.7 Å². The molecule has 1 N–H and O–H groups in total. The number of aldehydes is 1. The Labute approximate surface area is 151 Å². The molecule has 0 aliphatic heterocycles. The number of ether oxygens (including phenoxy) is 1. The van der Waals surface area contributed by atoms with Gasteiger partial charge in [-0.15, -0.1) is 11.3 Å². The molecular weight excluding hydrogens is 365 g/mol. The van der Waals surface area contributed by atoms with Crippen molar-refractivity contribution in [2.24, 2.45) is 0 Å². The third kappa shape index (κ3) is 3.45. The zero-order valence-electron chi connectivity index (χ0n) is 13.8. The second-order valence-electron chi connectivity index (χ2n) is 5.71. The molecular formula is C19H15F3O3S. The van der Waals surface area contributed by atoms with Crippen molar-refractivity contribution in [3.05, 3.63) is 52.4 Å². The number of benzene rings is 2. The van der Waals surface area contributed by atoms with E-state index in [0.717, 1.165) is 34.1 Å². The largest absolute Gasteiger partial charge is 0.491 e. The molecule has 0 saturated carbocycles. The summed E-state index contributed by atoms with van der Waals surface area (Å²) in [6, 6.07) is 8.80. The Morgan fingerprint density at radius 1 is 1.23 bits per heavy atom. The topological polar surface area (TPSA) is 46.5 Å². The van der Waals surface area contributed by atoms with Gasteiger partial charge in [0.2, 0.25) is 0 Å². The molecule has 0 amide bonds. The van der Waals surface area contributed by atoms with Crippen LogP contribution in [-0.2, 0) is 6.18 Å². The summed E-state index contributed by atoms with van der Waals surface area (Å²) in [6.45, 7) is 1.42. The van der Waals surface area contributed by atoms with Crippen molar-refractivity contribution in [3.8, 4) is 16.9 Å². The number of carbonyl (C=O) groups is 1. The second kappa shape index (κ2) is 7.09. The molecule has 7 heteroatoms. The van der Waals surface area contributed by atoms with Crippen LogP contribution in [0.4, 0.5) is 13.2 Å². The maximum atomic E-state index is 13.3. The number of aryl methyl sites for hydroxylation is 1. The minimum Gasteiger partial charge on any atom is -0.491 e. The van der Waals surface area contributed by atoms with Gasteiger partial charge in [-0.3, -0.25) is 4.79 Å². The molecule has 3 aromatic rings. The Balaban J connectivity index is 2.22. The average Bonchev–Trinajstić information content (AvgIpc) is 2.95. The number of halogens is 3. The van der Waals surface area contributed by atoms with Gasteiger partial charge >= 0.3 is 6.18 Å². The predicted molar refractivity (Wildman–Crippen MR) is 95.0 cm³/mol. The molecule has 3 rings (SSSR count). The highest BCUT2D eigenvalue weighted by atomic mass is 32.1. The van der Waals surface area contributed by atoms with Crippen LogP contribution in [0.25, 0.3) is 21.2 Å². The van der Waals surface area contributed by atoms with Crippen LogP contribution in [0.2, 0.25) is 0 Å². The highest BCUT2D eigenvalue weighted by molar-refractivity contribution is 7.21. The maximum absolute atomic E-state index is 13.3. The molecule has 0 saturated heterocycles. The lowest BCUT2D eigenvalue weighted by Crippen LogP contribution is -2.07. The molecule has 0 bridgehead atoms. The van der Waals surface area contributed by atoms with Crippen LogP contribution in [0, 0.1) is 6.92 Å². The number of alkyl halides is 3. The number of rotatable bonds is 5. The molecule has 0 aliphatic rings. The minimum absolute atomic E-state index is 0.0322. The number of fused-ring (bicyclic) bond motifs is 1. The van der Waals surface area contributed by atoms with Gasteiger partial charge in [0.15, 0.2) is 6.29 Å². The molecule has 3 nitrogen and oxygen atoms in total. The zero-order chi connectivity index (χ0) is 18.9. The quantitative estimate of drug-likeness (QED) is 0.628. The average molecular weight is 380 g/mol. The Morgan fingerprint density at radius 3 is 2.65 bits per heavy atom. The molecule has 2 aromatic carbocycles. The molecule has 0 fully saturated rings. The number of aliphatic hydroxyl groups is 1. The van der Waals surface area contributed by atoms with E-state index in [1.165, 1.54) is 17.4 Å². The molecule has 26 heavy (non-hydrogen) atoms. The fourth-order valence-electron chi connectivity index (χ4n) is 2.77. The number of aliphatic hydroxyl groups excluding tert-OH is 1. The SMILES string of the molecule is Cc1c(C=O)sc2c(-c3cc(OCCO)cc(C(F)(F)F)c3)cccc12. The summed E-state index contributed by atoms with van der Waals surface area (Å²) in [5.41, 5.74) is 0.926. The monoisotopic (exact) mass is 380 g/mol. The Morgan fingerprint density at radius 2 is 2.00 bits per heavy atom. The number of carbonyl (C=O) groups excluding carboxylic acids is 1. The fraction of sp³-hybridized carbons (Fsp3) is 0.211. The van der Waals surface area contributed by atoms with Gasteiger partial charge in [0.1, 0.15) is 12.4 Å². The normalized spacial score (nSPS) is 11.7. The summed E-state index contributed by atoms with van der Waals surface area (Å²) < 4.78 is 45.8. The van der Waals surface area contributed by atoms with E-state index in [-0.39, 0.29) is 19.0 Å². The first-order chi connectivity index (χ1) is 12.3. The standard InChI is InChI=1S/C19H15F3O3S/c1-11-15-3-2-4-16(18(15)26-17(11)10-24)12-7-13(19(20,21)22)9-14(8-12)25-6-5-23/h2-4,7-10,23H,5-6H2,1H3. The maximum Gasteiger partial charge on any atom is 0.416 e. The van der Waals surface area contributed by atoms with Crippen LogP contribution >= 0.6 is 11.3 Å². The molecule has 0 atom stereocenters. The van der Waals surface area contributed by atoms with E-state index in [1.807, 2.05) is 13.0 Å². The second-order valence-corrected chi connectivity index (χ2v) is 6.76. The Bertz CT molecular complexity index is 961. The van der Waals surface area contributed by atoms with Gasteiger partial charge in [-0.25, -0.2) is 0 Å². The molecule has 136 valence electrons. The van der Waals surface area contributed by atoms with Crippen LogP contribution in [0.15, 0.2) is 36.4 Å². The van der Waals surface area contributed by atoms with Crippen molar-refractivity contribution in [1.82, 2.24) is 0 Å². The van der Waals surface area contributed by atoms with E-state index in [9.17, 15) is 18.0 Å². The summed E-state index contributed by atoms with van der Waals surface area (Å²) in [4.78, 5) is 11.8. The van der Waals surface area contributed by atoms with Crippen molar-refractivity contribution in [1.29, 1.82) is 0 Å². The lowest BCUT2D eigenvalue weighted by Gasteiger charge is -2.13. The lowest BCUT2D eigenvalue weighted by atomic mass is 10.00. The summed E-state index contributed by atoms with van der Waals surface area (Å²) in [7, 11) is 0. The third-order valence-electron chi connectivity index (χ3n) is 4.01. The van der Waals surface area contributed by atoms with Crippen molar-refractivity contribution in [3.63, 3.8) is 0 Å². The van der Waals surface area contributed by atoms with Crippen LogP contribution in [-0.4, -0.2) is 24.6 Å². The van der Waals surface area contributed by atoms with E-state index >= 15 is 0 Å². The fourth-order valence-corrected chi connectivity index (χ4v) is 3.92. The summed E-state index contributed by atoms with van der Waals surface area (Å²) in [5.74, 6) is 0.0322. The van der Waals surface area contributed by atoms with E-state index in [4.69, 9.17) is 9.84 Å². The molecule has 0 unspecified atom stereocenters. The number of thiophene rings is 1. The van der Waals surface area contributed by atoms with E-state index in [2.05, 4.69) is 0 Å². The van der Waals surface area contributed by atoms with Gasteiger partial charge < -0.3 is 9.84 Å². The summed E-state index contributed by atoms with van der Waals surface area (Å²) in [5, 5.41) is 9.70. The van der Waals surface area contributed by atoms with Crippen molar-refractivity contribution in [2.45, 2.75) is 13.1 Å². The van der Waals surface area contributed by atoms with Crippen LogP contribution < -0.4 is 4.74 Å². The highest BCUT2D eigenvalue weighted by Crippen LogP contribution is 2.41. The minimum atomic E-state index is -4.53. The molecule has 1 aromatic heterocycles. The van der Waals surface area contributed by atoms with Crippen molar-refractivity contribution in [2.75, 3.05) is 13.2 Å². The predicted octanol–water partition coefficient (Wildman–Crippen LogP) is 5.08. The number of hydrogen-bond donors (Lipinski definition) is 1. The molecule has 0 aliphatic carbocycles. The highest BCUT2D eigenvalue weighted by Gasteiger charge is 2.31. The van der Waals surface area contributed by atoms with Crippen LogP contribution in [0.5, 0.6) is 5.75 Å². The Kier molecular flexibility index (Phi) is 5.02. The summed E-state index contributed by atoms with van der Waals surface area (Å²) in [6.07, 6.45) is -3.77. The number of hydrogen-bond acceptors (Lipinski definition) is 4. The van der Waals surface area contributed by atoms with Gasteiger partial charge in [-0.2, -0.15) is 13.2 Å². The van der Waals surface area contributed by atoms with E-state index in [0.29, 0.717) is 16.0 Å². The smallest absolute Gasteiger partial charge is 0.416 e. The van der Waals surface area contributed by atoms with Gasteiger partial charge in [0.25, 0.3) is 0 Å². The first-order valence-electron chi connectivity index (χ1n) is 7.78. The molecule has 0 radical (unpaired) electrons. The van der Waals surface area contributed by atoms with Gasteiger partial charge in [0, 0.05) is 4.70 Å². The lowest BCUT2D eigenvalue weighted by molar-refractivity contribution is -0.137. The summed E-state index contributed by atoms with van der Waals surface area (Å²) >= 11 is 1.25. The van der Waals surface area contributed by atoms with Crippen molar-refractivity contribution < 1.29 is 27.8 Å². The molecule has 1 heterocycles. The van der Waals surface area contributed by atoms with Crippen LogP contribution in [0.1, 0.15) is 20.8 Å². The van der Waals surface area contributed by atoms with Crippen LogP contribution in [0.3, 0.4) is 0 Å². The molecule has 0 spiro atoms. The third-order valence-corrected chi connectivity index (χ3v) is 5.28. The Hall–Kier alpha value is -2.38. The van der Waals surface area contributed by atoms with Gasteiger partial charge in [-0.05, 0) is 47.2 Å². The first-order valence-corrected chi connectivity index (χ1v) is 8.60. The van der Waals surface area contributed by atoms with Crippen molar-refractivity contribution >= 4 is 27.7 Å². The van der Waals surface area contributed by atoms with Gasteiger partial charge in [-0.1, -0.05) is 18.2 Å². The first kappa shape index (κ1) is 18.4. The van der Waals surface area contributed by atoms with E-state index in [1.54, 1.807) is 12.1 Å². The van der Waals surface area contributed by atoms with Gasteiger partial charge in [0.05, 0.1) is 17.0 Å². The zero-order valence-corrected chi connectivity index (χ0v) is 14.6.